The topological polar surface area (TPSA) is 30.5 Å². The third-order valence-corrected chi connectivity index (χ3v) is 1.02. The Kier molecular flexibility index (Phi) is 14.5. The van der Waals surface area contributed by atoms with Gasteiger partial charge in [-0.3, -0.25) is 7.05 Å². The fraction of sp³-hybridized carbons (Fsp3) is 0.857. The summed E-state index contributed by atoms with van der Waals surface area (Å²) < 4.78 is 10.4. The Morgan fingerprint density at radius 1 is 1.27 bits per heavy atom. The van der Waals surface area contributed by atoms with Gasteiger partial charge in [-0.25, -0.2) is 0 Å². The van der Waals surface area contributed by atoms with E-state index in [0.717, 1.165) is 0 Å². The first-order valence-corrected chi connectivity index (χ1v) is 3.58. The van der Waals surface area contributed by atoms with E-state index in [4.69, 9.17) is 9.47 Å². The van der Waals surface area contributed by atoms with Crippen molar-refractivity contribution in [2.24, 2.45) is 0 Å². The van der Waals surface area contributed by atoms with Crippen LogP contribution < -0.4 is 5.32 Å². The van der Waals surface area contributed by atoms with Gasteiger partial charge in [0.25, 0.3) is 0 Å². The molecule has 0 atom stereocenters. The molecule has 0 amide bonds. The molecular weight excluding hydrogens is 219 g/mol. The van der Waals surface area contributed by atoms with Crippen molar-refractivity contribution >= 4 is 0 Å². The average molecular weight is 235 g/mol. The molecule has 0 heterocycles. The molecule has 0 unspecified atom stereocenters. The average Bonchev–Trinajstić information content (AvgIpc) is 1.90. The van der Waals surface area contributed by atoms with Crippen molar-refractivity contribution < 1.29 is 42.2 Å². The van der Waals surface area contributed by atoms with Gasteiger partial charge < -0.3 is 14.8 Å². The van der Waals surface area contributed by atoms with E-state index in [9.17, 15) is 0 Å². The minimum atomic E-state index is -0.146. The molecule has 0 spiro atoms. The summed E-state index contributed by atoms with van der Waals surface area (Å²) in [4.78, 5) is 0. The maximum absolute atomic E-state index is 5.20. The van der Waals surface area contributed by atoms with Crippen LogP contribution in [0.1, 0.15) is 13.8 Å². The Morgan fingerprint density at radius 3 is 2.00 bits per heavy atom. The van der Waals surface area contributed by atoms with Crippen LogP contribution in [0.5, 0.6) is 0 Å². The summed E-state index contributed by atoms with van der Waals surface area (Å²) in [6.45, 7) is 5.87. The molecule has 0 bridgehead atoms. The Balaban J connectivity index is 0. The van der Waals surface area contributed by atoms with Gasteiger partial charge in [-0.2, -0.15) is 0 Å². The summed E-state index contributed by atoms with van der Waals surface area (Å²) in [5.41, 5.74) is 0. The molecule has 0 aliphatic heterocycles. The van der Waals surface area contributed by atoms with Crippen LogP contribution in [0.25, 0.3) is 0 Å². The molecule has 0 aliphatic rings. The molecule has 0 aliphatic carbocycles. The molecule has 0 aromatic heterocycles. The molecule has 0 aromatic carbocycles. The van der Waals surface area contributed by atoms with E-state index < -0.39 is 0 Å². The third kappa shape index (κ3) is 8.89. The minimum absolute atomic E-state index is 0. The van der Waals surface area contributed by atoms with Gasteiger partial charge in [-0.15, -0.1) is 0 Å². The molecule has 1 N–H and O–H groups in total. The Bertz CT molecular complexity index is 59.2. The SMILES string of the molecule is [CH2-]NCC(OCC)OCC.[Y]. The van der Waals surface area contributed by atoms with Crippen molar-refractivity contribution in [2.45, 2.75) is 20.1 Å². The molecule has 0 aromatic rings. The monoisotopic (exact) mass is 235 g/mol. The second-order valence-corrected chi connectivity index (χ2v) is 1.79. The van der Waals surface area contributed by atoms with Crippen LogP contribution in [-0.4, -0.2) is 26.0 Å². The van der Waals surface area contributed by atoms with Crippen LogP contribution in [0, 0.1) is 7.05 Å². The summed E-state index contributed by atoms with van der Waals surface area (Å²) in [5, 5.41) is 2.74. The maximum Gasteiger partial charge on any atom is 0.167 e. The molecule has 1 radical (unpaired) electrons. The van der Waals surface area contributed by atoms with E-state index in [-0.39, 0.29) is 39.0 Å². The first kappa shape index (κ1) is 14.5. The molecular formula is C7H16NO2Y-. The van der Waals surface area contributed by atoms with Gasteiger partial charge in [0, 0.05) is 52.5 Å². The fourth-order valence-electron chi connectivity index (χ4n) is 0.656. The van der Waals surface area contributed by atoms with Crippen molar-refractivity contribution in [1.29, 1.82) is 0 Å². The number of hydrogen-bond acceptors (Lipinski definition) is 3. The van der Waals surface area contributed by atoms with Crippen molar-refractivity contribution in [3.05, 3.63) is 7.05 Å². The number of hydrogen-bond donors (Lipinski definition) is 1. The van der Waals surface area contributed by atoms with Crippen LogP contribution in [0.2, 0.25) is 0 Å². The summed E-state index contributed by atoms with van der Waals surface area (Å²) in [7, 11) is 3.48. The number of rotatable bonds is 6. The quantitative estimate of drug-likeness (QED) is 0.544. The van der Waals surface area contributed by atoms with E-state index in [1.807, 2.05) is 13.8 Å². The van der Waals surface area contributed by atoms with Gasteiger partial charge in [0.05, 0.1) is 0 Å². The number of ether oxygens (including phenoxy) is 2. The van der Waals surface area contributed by atoms with E-state index in [1.54, 1.807) is 0 Å². The van der Waals surface area contributed by atoms with Gasteiger partial charge in [0.15, 0.2) is 6.29 Å². The van der Waals surface area contributed by atoms with Crippen LogP contribution >= 0.6 is 0 Å². The Morgan fingerprint density at radius 2 is 1.73 bits per heavy atom. The second kappa shape index (κ2) is 11.0. The van der Waals surface area contributed by atoms with Gasteiger partial charge in [0.2, 0.25) is 0 Å². The number of nitrogens with one attached hydrogen (secondary N) is 1. The first-order valence-electron chi connectivity index (χ1n) is 3.58. The summed E-state index contributed by atoms with van der Waals surface area (Å²) in [6, 6.07) is 0. The van der Waals surface area contributed by atoms with Crippen LogP contribution in [-0.2, 0) is 42.2 Å². The second-order valence-electron chi connectivity index (χ2n) is 1.79. The van der Waals surface area contributed by atoms with Crippen LogP contribution in [0.15, 0.2) is 0 Å². The summed E-state index contributed by atoms with van der Waals surface area (Å²) in [5.74, 6) is 0. The third-order valence-electron chi connectivity index (χ3n) is 1.02. The van der Waals surface area contributed by atoms with E-state index >= 15 is 0 Å². The predicted molar refractivity (Wildman–Crippen MR) is 40.4 cm³/mol. The Hall–Kier alpha value is 0.984. The van der Waals surface area contributed by atoms with Crippen molar-refractivity contribution in [3.63, 3.8) is 0 Å². The van der Waals surface area contributed by atoms with E-state index in [1.165, 1.54) is 0 Å². The zero-order chi connectivity index (χ0) is 7.82. The summed E-state index contributed by atoms with van der Waals surface area (Å²) in [6.07, 6.45) is -0.146. The first-order chi connectivity index (χ1) is 4.85. The standard InChI is InChI=1S/C7H16NO2.Y/c1-4-9-7(6-8-3)10-5-2;/h7-8H,3-6H2,1-2H3;/q-1;. The van der Waals surface area contributed by atoms with Crippen LogP contribution in [0.4, 0.5) is 0 Å². The largest absolute Gasteiger partial charge is 0.469 e. The normalized spacial score (nSPS) is 9.82. The van der Waals surface area contributed by atoms with Crippen molar-refractivity contribution in [3.8, 4) is 0 Å². The van der Waals surface area contributed by atoms with E-state index in [0.29, 0.717) is 19.8 Å². The predicted octanol–water partition coefficient (Wildman–Crippen LogP) is 0.764. The Labute approximate surface area is 94.1 Å². The van der Waals surface area contributed by atoms with Crippen LogP contribution in [0.3, 0.4) is 0 Å². The van der Waals surface area contributed by atoms with Gasteiger partial charge >= 0.3 is 0 Å². The van der Waals surface area contributed by atoms with E-state index in [2.05, 4.69) is 12.4 Å². The molecule has 11 heavy (non-hydrogen) atoms. The van der Waals surface area contributed by atoms with Gasteiger partial charge in [0.1, 0.15) is 0 Å². The molecule has 65 valence electrons. The minimum Gasteiger partial charge on any atom is -0.469 e. The zero-order valence-electron chi connectivity index (χ0n) is 7.30. The maximum atomic E-state index is 5.20. The molecule has 0 saturated heterocycles. The molecule has 0 rings (SSSR count). The zero-order valence-corrected chi connectivity index (χ0v) is 10.1. The molecule has 4 heteroatoms. The van der Waals surface area contributed by atoms with Crippen molar-refractivity contribution in [1.82, 2.24) is 5.32 Å². The van der Waals surface area contributed by atoms with Gasteiger partial charge in [-0.1, -0.05) is 0 Å². The molecule has 3 nitrogen and oxygen atoms in total. The smallest absolute Gasteiger partial charge is 0.167 e. The fourth-order valence-corrected chi connectivity index (χ4v) is 0.656. The van der Waals surface area contributed by atoms with Crippen molar-refractivity contribution in [2.75, 3.05) is 19.8 Å². The molecule has 0 saturated carbocycles. The van der Waals surface area contributed by atoms with Gasteiger partial charge in [-0.05, 0) is 13.8 Å². The summed E-state index contributed by atoms with van der Waals surface area (Å²) >= 11 is 0. The molecule has 0 fully saturated rings.